The van der Waals surface area contributed by atoms with Gasteiger partial charge in [0.25, 0.3) is 5.56 Å². The summed E-state index contributed by atoms with van der Waals surface area (Å²) in [5.41, 5.74) is -1.63. The van der Waals surface area contributed by atoms with E-state index in [9.17, 15) is 33.6 Å². The zero-order chi connectivity index (χ0) is 34.0. The van der Waals surface area contributed by atoms with Crippen LogP contribution in [0.1, 0.15) is 69.6 Å². The number of aromatic amines is 1. The van der Waals surface area contributed by atoms with Crippen molar-refractivity contribution in [2.45, 2.75) is 93.6 Å². The van der Waals surface area contributed by atoms with Crippen LogP contribution < -0.4 is 32.5 Å². The quantitative estimate of drug-likeness (QED) is 0.0430. The molecule has 1 aromatic heterocycles. The van der Waals surface area contributed by atoms with Crippen molar-refractivity contribution in [3.05, 3.63) is 38.7 Å². The van der Waals surface area contributed by atoms with Gasteiger partial charge in [-0.05, 0) is 31.8 Å². The molecule has 4 amide bonds. The molecule has 3 saturated heterocycles. The number of H-pyrrole nitrogens is 1. The minimum atomic E-state index is -4.89. The van der Waals surface area contributed by atoms with Crippen LogP contribution in [0.15, 0.2) is 21.9 Å². The molecular formula is C28H43N6O11PS. The molecule has 0 spiro atoms. The Labute approximate surface area is 274 Å². The average molecular weight is 703 g/mol. The minimum Gasteiger partial charge on any atom is -0.394 e. The lowest BCUT2D eigenvalue weighted by molar-refractivity contribution is -0.121. The predicted molar refractivity (Wildman–Crippen MR) is 171 cm³/mol. The zero-order valence-electron chi connectivity index (χ0n) is 25.8. The Morgan fingerprint density at radius 2 is 1.83 bits per heavy atom. The third kappa shape index (κ3) is 11.3. The van der Waals surface area contributed by atoms with Crippen molar-refractivity contribution in [3.8, 4) is 0 Å². The van der Waals surface area contributed by atoms with Gasteiger partial charge < -0.3 is 40.9 Å². The molecule has 0 aromatic carbocycles. The summed E-state index contributed by atoms with van der Waals surface area (Å²) in [6.45, 7) is 0.382. The van der Waals surface area contributed by atoms with E-state index >= 15 is 0 Å². The molecule has 47 heavy (non-hydrogen) atoms. The second-order valence-corrected chi connectivity index (χ2v) is 14.2. The van der Waals surface area contributed by atoms with Gasteiger partial charge in [-0.3, -0.25) is 28.5 Å². The Morgan fingerprint density at radius 1 is 1.09 bits per heavy atom. The van der Waals surface area contributed by atoms with E-state index in [-0.39, 0.29) is 36.0 Å². The highest BCUT2D eigenvalue weighted by molar-refractivity contribution is 8.00. The third-order valence-electron chi connectivity index (χ3n) is 8.16. The smallest absolute Gasteiger partial charge is 0.394 e. The summed E-state index contributed by atoms with van der Waals surface area (Å²) in [5, 5.41) is 21.5. The molecule has 3 unspecified atom stereocenters. The van der Waals surface area contributed by atoms with Gasteiger partial charge in [-0.1, -0.05) is 19.3 Å². The van der Waals surface area contributed by atoms with Gasteiger partial charge in [-0.2, -0.15) is 11.8 Å². The molecule has 3 aliphatic rings. The molecule has 0 aliphatic carbocycles. The van der Waals surface area contributed by atoms with Crippen LogP contribution in [0.3, 0.4) is 0 Å². The van der Waals surface area contributed by atoms with E-state index in [2.05, 4.69) is 30.8 Å². The first kappa shape index (κ1) is 36.8. The van der Waals surface area contributed by atoms with Gasteiger partial charge in [0.15, 0.2) is 0 Å². The first-order valence-electron chi connectivity index (χ1n) is 15.7. The fourth-order valence-corrected chi connectivity index (χ4v) is 7.90. The number of amides is 4. The Hall–Kier alpha value is -2.99. The summed E-state index contributed by atoms with van der Waals surface area (Å²) < 4.78 is 22.4. The van der Waals surface area contributed by atoms with Crippen molar-refractivity contribution in [1.29, 1.82) is 0 Å². The van der Waals surface area contributed by atoms with E-state index in [1.165, 1.54) is 6.08 Å². The van der Waals surface area contributed by atoms with Crippen molar-refractivity contribution in [3.63, 3.8) is 0 Å². The molecule has 1 aromatic rings. The largest absolute Gasteiger partial charge is 0.469 e. The molecule has 17 nitrogen and oxygen atoms in total. The zero-order valence-corrected chi connectivity index (χ0v) is 27.5. The van der Waals surface area contributed by atoms with E-state index in [1.54, 1.807) is 0 Å². The molecule has 4 rings (SSSR count). The second-order valence-electron chi connectivity index (χ2n) is 11.7. The molecule has 6 atom stereocenters. The number of fused-ring (bicyclic) bond motifs is 1. The molecule has 8 N–H and O–H groups in total. The number of phosphoric acid groups is 1. The number of nitrogens with zero attached hydrogens (tertiary/aromatic N) is 1. The number of rotatable bonds is 18. The lowest BCUT2D eigenvalue weighted by atomic mass is 10.0. The van der Waals surface area contributed by atoms with Crippen LogP contribution in [-0.2, 0) is 23.4 Å². The highest BCUT2D eigenvalue weighted by atomic mass is 32.2. The van der Waals surface area contributed by atoms with Gasteiger partial charge in [-0.25, -0.2) is 14.2 Å². The number of thioether (sulfide) groups is 1. The number of carbonyl (C=O) groups is 3. The summed E-state index contributed by atoms with van der Waals surface area (Å²) in [4.78, 5) is 80.8. The Morgan fingerprint density at radius 3 is 2.55 bits per heavy atom. The number of urea groups is 1. The lowest BCUT2D eigenvalue weighted by Crippen LogP contribution is -2.36. The molecule has 19 heteroatoms. The molecule has 3 aliphatic heterocycles. The highest BCUT2D eigenvalue weighted by Gasteiger charge is 2.43. The van der Waals surface area contributed by atoms with Crippen molar-refractivity contribution >= 4 is 43.5 Å². The maximum atomic E-state index is 12.4. The number of hydrogen-bond donors (Lipinski definition) is 8. The Bertz CT molecular complexity index is 1450. The first-order chi connectivity index (χ1) is 22.4. The van der Waals surface area contributed by atoms with Gasteiger partial charge in [0.1, 0.15) is 18.4 Å². The fraction of sp³-hybridized carbons (Fsp3) is 0.679. The number of phosphoric ester groups is 1. The number of nitrogens with one attached hydrogen (secondary N) is 5. The van der Waals surface area contributed by atoms with Crippen LogP contribution in [0.2, 0.25) is 0 Å². The SMILES string of the molecule is O=C(/C=C/c1cn([C@H]2C[C@@H](OP(=O)(O)O)[C@@H](CO)O2)c(=O)[nH]c1=O)NCCCCCCNC(=O)CCCCC1SCC2NC(=O)NC21. The van der Waals surface area contributed by atoms with E-state index in [1.807, 2.05) is 11.8 Å². The van der Waals surface area contributed by atoms with E-state index < -0.39 is 50.0 Å². The summed E-state index contributed by atoms with van der Waals surface area (Å²) in [7, 11) is -4.89. The topological polar surface area (TPSA) is 250 Å². The van der Waals surface area contributed by atoms with Crippen LogP contribution in [0.5, 0.6) is 0 Å². The van der Waals surface area contributed by atoms with Crippen LogP contribution in [0.4, 0.5) is 4.79 Å². The molecule has 3 fully saturated rings. The number of carbonyl (C=O) groups excluding carboxylic acids is 3. The highest BCUT2D eigenvalue weighted by Crippen LogP contribution is 2.43. The monoisotopic (exact) mass is 702 g/mol. The summed E-state index contributed by atoms with van der Waals surface area (Å²) >= 11 is 1.87. The van der Waals surface area contributed by atoms with Crippen molar-refractivity contribution in [2.75, 3.05) is 25.4 Å². The predicted octanol–water partition coefficient (Wildman–Crippen LogP) is -0.174. The maximum Gasteiger partial charge on any atom is 0.469 e. The fourth-order valence-electron chi connectivity index (χ4n) is 5.79. The van der Waals surface area contributed by atoms with Gasteiger partial charge in [-0.15, -0.1) is 0 Å². The summed E-state index contributed by atoms with van der Waals surface area (Å²) in [6, 6.07) is 0.313. The number of ether oxygens (including phenoxy) is 1. The molecular weight excluding hydrogens is 659 g/mol. The Kier molecular flexibility index (Phi) is 13.7. The first-order valence-corrected chi connectivity index (χ1v) is 18.3. The van der Waals surface area contributed by atoms with Crippen molar-refractivity contribution < 1.29 is 43.1 Å². The maximum absolute atomic E-state index is 12.4. The molecule has 0 radical (unpaired) electrons. The van der Waals surface area contributed by atoms with Gasteiger partial charge >= 0.3 is 19.5 Å². The van der Waals surface area contributed by atoms with Crippen LogP contribution in [0.25, 0.3) is 6.08 Å². The summed E-state index contributed by atoms with van der Waals surface area (Å²) in [6.07, 6.45) is 6.44. The molecule has 262 valence electrons. The van der Waals surface area contributed by atoms with Gasteiger partial charge in [0.2, 0.25) is 11.8 Å². The number of aliphatic hydroxyl groups is 1. The number of unbranched alkanes of at least 4 members (excludes halogenated alkanes) is 4. The average Bonchev–Trinajstić information content (AvgIpc) is 3.69. The number of aromatic nitrogens is 2. The van der Waals surface area contributed by atoms with Crippen LogP contribution >= 0.6 is 19.6 Å². The van der Waals surface area contributed by atoms with Crippen molar-refractivity contribution in [2.24, 2.45) is 0 Å². The van der Waals surface area contributed by atoms with Crippen LogP contribution in [0, 0.1) is 0 Å². The van der Waals surface area contributed by atoms with Gasteiger partial charge in [0, 0.05) is 49.2 Å². The third-order valence-corrected chi connectivity index (χ3v) is 10.2. The van der Waals surface area contributed by atoms with Crippen LogP contribution in [-0.4, -0.2) is 97.3 Å². The normalized spacial score (nSPS) is 25.5. The van der Waals surface area contributed by atoms with E-state index in [4.69, 9.17) is 14.5 Å². The molecule has 0 bridgehead atoms. The molecule has 4 heterocycles. The van der Waals surface area contributed by atoms with E-state index in [0.29, 0.717) is 24.8 Å². The lowest BCUT2D eigenvalue weighted by Gasteiger charge is -2.16. The van der Waals surface area contributed by atoms with Crippen molar-refractivity contribution in [1.82, 2.24) is 30.8 Å². The molecule has 0 saturated carbocycles. The minimum absolute atomic E-state index is 0.0344. The van der Waals surface area contributed by atoms with Gasteiger partial charge in [0.05, 0.1) is 24.3 Å². The Balaban J connectivity index is 1.07. The summed E-state index contributed by atoms with van der Waals surface area (Å²) in [5.74, 6) is 0.519. The standard InChI is InChI=1S/C28H43N6O11PS/c35-15-20-19(45-46(41,42)43)13-24(44-20)34-14-17(26(38)33-28(34)40)9-10-23(37)30-12-6-2-1-5-11-29-22(36)8-4-3-7-21-25-18(16-47-21)31-27(39)32-25/h9-10,14,18-21,24-25,35H,1-8,11-13,15-16H2,(H,29,36)(H,30,37)(H2,31,32,39)(H,33,38,40)(H2,41,42,43)/b10-9+/t18?,19-,20-,21?,24-,25?/m1/s1. The second kappa shape index (κ2) is 17.4. The van der Waals surface area contributed by atoms with E-state index in [0.717, 1.165) is 67.5 Å². The number of hydrogen-bond acceptors (Lipinski definition) is 10. The number of aliphatic hydroxyl groups excluding tert-OH is 1.